The zero-order chi connectivity index (χ0) is 26.9. The van der Waals surface area contributed by atoms with Gasteiger partial charge in [-0.05, 0) is 42.0 Å². The molecule has 0 radical (unpaired) electrons. The van der Waals surface area contributed by atoms with E-state index in [2.05, 4.69) is 15.8 Å². The minimum atomic E-state index is -4.82. The number of carbonyl (C=O) groups excluding carboxylic acids is 2. The van der Waals surface area contributed by atoms with Crippen molar-refractivity contribution in [3.8, 4) is 17.2 Å². The van der Waals surface area contributed by atoms with E-state index in [9.17, 15) is 32.7 Å². The van der Waals surface area contributed by atoms with E-state index in [1.54, 1.807) is 6.07 Å². The van der Waals surface area contributed by atoms with Crippen molar-refractivity contribution < 1.29 is 37.2 Å². The lowest BCUT2D eigenvalue weighted by atomic mass is 9.95. The molecule has 9 nitrogen and oxygen atoms in total. The highest BCUT2D eigenvalue weighted by Gasteiger charge is 2.36. The molecule has 12 heteroatoms. The number of anilines is 2. The van der Waals surface area contributed by atoms with Crippen LogP contribution in [0.1, 0.15) is 38.9 Å². The standard InChI is InChI=1S/C25H15F3N4O5/c1-12(33)30-19-5-3-2-4-14(19)15-9-17-21(10-18(15)25(26,27)28)37-32-22(17)23(34)31-20-7-6-13(11-29)8-16(20)24(35)36/h2-10H,1H3,(H,30,33)(H,31,34)(H,35,36). The van der Waals surface area contributed by atoms with Crippen LogP contribution in [0, 0.1) is 11.3 Å². The molecule has 0 aliphatic rings. The lowest BCUT2D eigenvalue weighted by molar-refractivity contribution is -0.137. The number of halogens is 3. The Bertz CT molecular complexity index is 1620. The first kappa shape index (κ1) is 24.9. The largest absolute Gasteiger partial charge is 0.478 e. The number of benzene rings is 3. The number of nitrogens with zero attached hydrogens (tertiary/aromatic N) is 2. The summed E-state index contributed by atoms with van der Waals surface area (Å²) >= 11 is 0. The second kappa shape index (κ2) is 9.46. The number of rotatable bonds is 5. The molecule has 0 fully saturated rings. The van der Waals surface area contributed by atoms with Crippen LogP contribution in [-0.2, 0) is 11.0 Å². The Labute approximate surface area is 206 Å². The minimum absolute atomic E-state index is 0.0414. The van der Waals surface area contributed by atoms with Gasteiger partial charge in [-0.1, -0.05) is 23.4 Å². The van der Waals surface area contributed by atoms with E-state index in [1.807, 2.05) is 0 Å². The second-order valence-electron chi connectivity index (χ2n) is 7.78. The molecule has 37 heavy (non-hydrogen) atoms. The number of alkyl halides is 3. The number of aromatic nitrogens is 1. The SMILES string of the molecule is CC(=O)Nc1ccccc1-c1cc2c(C(=O)Nc3ccc(C#N)cc3C(=O)O)noc2cc1C(F)(F)F. The van der Waals surface area contributed by atoms with Crippen molar-refractivity contribution in [2.45, 2.75) is 13.1 Å². The van der Waals surface area contributed by atoms with Gasteiger partial charge in [0.2, 0.25) is 5.91 Å². The molecule has 0 atom stereocenters. The fraction of sp³-hybridized carbons (Fsp3) is 0.0800. The number of nitrogens with one attached hydrogen (secondary N) is 2. The van der Waals surface area contributed by atoms with Crippen molar-refractivity contribution in [2.75, 3.05) is 10.6 Å². The Balaban J connectivity index is 1.85. The van der Waals surface area contributed by atoms with E-state index in [-0.39, 0.29) is 44.6 Å². The normalized spacial score (nSPS) is 11.1. The van der Waals surface area contributed by atoms with Crippen molar-refractivity contribution in [1.29, 1.82) is 5.26 Å². The number of carbonyl (C=O) groups is 3. The number of carboxylic acids is 1. The van der Waals surface area contributed by atoms with Gasteiger partial charge >= 0.3 is 12.1 Å². The summed E-state index contributed by atoms with van der Waals surface area (Å²) in [7, 11) is 0. The molecule has 1 heterocycles. The summed E-state index contributed by atoms with van der Waals surface area (Å²) in [5.41, 5.74) is -2.48. The third-order valence-corrected chi connectivity index (χ3v) is 5.29. The Morgan fingerprint density at radius 2 is 1.73 bits per heavy atom. The van der Waals surface area contributed by atoms with Gasteiger partial charge in [0.25, 0.3) is 5.91 Å². The van der Waals surface area contributed by atoms with Gasteiger partial charge in [0.15, 0.2) is 11.3 Å². The molecule has 4 rings (SSSR count). The Kier molecular flexibility index (Phi) is 6.37. The average Bonchev–Trinajstić information content (AvgIpc) is 3.26. The molecule has 2 amide bonds. The first-order valence-electron chi connectivity index (χ1n) is 10.5. The maximum absolute atomic E-state index is 14.0. The number of amides is 2. The van der Waals surface area contributed by atoms with Gasteiger partial charge in [-0.2, -0.15) is 18.4 Å². The zero-order valence-electron chi connectivity index (χ0n) is 18.8. The quantitative estimate of drug-likeness (QED) is 0.332. The fourth-order valence-corrected chi connectivity index (χ4v) is 3.70. The Hall–Kier alpha value is -5.18. The van der Waals surface area contributed by atoms with Crippen molar-refractivity contribution >= 4 is 40.1 Å². The number of hydrogen-bond acceptors (Lipinski definition) is 6. The number of fused-ring (bicyclic) bond motifs is 1. The third kappa shape index (κ3) is 4.96. The summed E-state index contributed by atoms with van der Waals surface area (Å²) in [6, 6.07) is 13.0. The van der Waals surface area contributed by atoms with E-state index in [0.29, 0.717) is 6.07 Å². The summed E-state index contributed by atoms with van der Waals surface area (Å²) < 4.78 is 47.0. The van der Waals surface area contributed by atoms with Crippen molar-refractivity contribution in [1.82, 2.24) is 5.16 Å². The maximum Gasteiger partial charge on any atom is 0.417 e. The van der Waals surface area contributed by atoms with Crippen molar-refractivity contribution in [3.05, 3.63) is 77.0 Å². The summed E-state index contributed by atoms with van der Waals surface area (Å²) in [5, 5.41) is 26.8. The molecular weight excluding hydrogens is 493 g/mol. The van der Waals surface area contributed by atoms with Gasteiger partial charge in [-0.3, -0.25) is 9.59 Å². The van der Waals surface area contributed by atoms with Crippen LogP contribution in [0.15, 0.2) is 59.1 Å². The summed E-state index contributed by atoms with van der Waals surface area (Å²) in [5.74, 6) is -2.86. The first-order valence-corrected chi connectivity index (χ1v) is 10.5. The number of nitriles is 1. The molecule has 0 aliphatic heterocycles. The molecule has 186 valence electrons. The molecule has 3 aromatic carbocycles. The molecular formula is C25H15F3N4O5. The highest BCUT2D eigenvalue weighted by molar-refractivity contribution is 6.13. The van der Waals surface area contributed by atoms with Crippen LogP contribution in [0.3, 0.4) is 0 Å². The first-order chi connectivity index (χ1) is 17.5. The van der Waals surface area contributed by atoms with Gasteiger partial charge in [0.1, 0.15) is 0 Å². The third-order valence-electron chi connectivity index (χ3n) is 5.29. The van der Waals surface area contributed by atoms with Crippen LogP contribution < -0.4 is 10.6 Å². The summed E-state index contributed by atoms with van der Waals surface area (Å²) in [6.07, 6.45) is -4.82. The zero-order valence-corrected chi connectivity index (χ0v) is 18.8. The molecule has 0 bridgehead atoms. The fourth-order valence-electron chi connectivity index (χ4n) is 3.70. The smallest absolute Gasteiger partial charge is 0.417 e. The van der Waals surface area contributed by atoms with E-state index < -0.39 is 35.2 Å². The molecule has 0 spiro atoms. The van der Waals surface area contributed by atoms with Gasteiger partial charge in [0.05, 0.1) is 33.8 Å². The van der Waals surface area contributed by atoms with Gasteiger partial charge < -0.3 is 20.3 Å². The summed E-state index contributed by atoms with van der Waals surface area (Å²) in [6.45, 7) is 1.21. The lowest BCUT2D eigenvalue weighted by Gasteiger charge is -2.16. The van der Waals surface area contributed by atoms with E-state index in [0.717, 1.165) is 12.1 Å². The molecule has 0 saturated heterocycles. The van der Waals surface area contributed by atoms with Crippen LogP contribution in [0.5, 0.6) is 0 Å². The van der Waals surface area contributed by atoms with E-state index >= 15 is 0 Å². The molecule has 3 N–H and O–H groups in total. The summed E-state index contributed by atoms with van der Waals surface area (Å²) in [4.78, 5) is 36.2. The topological polar surface area (TPSA) is 145 Å². The van der Waals surface area contributed by atoms with Crippen molar-refractivity contribution in [3.63, 3.8) is 0 Å². The maximum atomic E-state index is 14.0. The molecule has 4 aromatic rings. The van der Waals surface area contributed by atoms with Crippen LogP contribution in [-0.4, -0.2) is 28.0 Å². The van der Waals surface area contributed by atoms with Gasteiger partial charge in [-0.15, -0.1) is 0 Å². The molecule has 0 saturated carbocycles. The highest BCUT2D eigenvalue weighted by atomic mass is 19.4. The van der Waals surface area contributed by atoms with E-state index in [4.69, 9.17) is 9.78 Å². The highest BCUT2D eigenvalue weighted by Crippen LogP contribution is 2.42. The predicted octanol–water partition coefficient (Wildman–Crippen LogP) is 5.29. The number of para-hydroxylation sites is 1. The molecule has 0 unspecified atom stereocenters. The van der Waals surface area contributed by atoms with Crippen LogP contribution in [0.4, 0.5) is 24.5 Å². The minimum Gasteiger partial charge on any atom is -0.478 e. The molecule has 1 aromatic heterocycles. The van der Waals surface area contributed by atoms with Crippen molar-refractivity contribution in [2.24, 2.45) is 0 Å². The monoisotopic (exact) mass is 508 g/mol. The van der Waals surface area contributed by atoms with E-state index in [1.165, 1.54) is 43.3 Å². The van der Waals surface area contributed by atoms with Gasteiger partial charge in [0, 0.05) is 18.2 Å². The Morgan fingerprint density at radius 1 is 1.00 bits per heavy atom. The number of hydrogen-bond donors (Lipinski definition) is 3. The predicted molar refractivity (Wildman–Crippen MR) is 125 cm³/mol. The van der Waals surface area contributed by atoms with Crippen LogP contribution in [0.25, 0.3) is 22.1 Å². The Morgan fingerprint density at radius 3 is 2.38 bits per heavy atom. The number of aromatic carboxylic acids is 1. The van der Waals surface area contributed by atoms with Crippen LogP contribution in [0.2, 0.25) is 0 Å². The number of carboxylic acid groups (broad SMARTS) is 1. The second-order valence-corrected chi connectivity index (χ2v) is 7.78. The van der Waals surface area contributed by atoms with Gasteiger partial charge in [-0.25, -0.2) is 4.79 Å². The lowest BCUT2D eigenvalue weighted by Crippen LogP contribution is -2.16. The van der Waals surface area contributed by atoms with Crippen LogP contribution >= 0.6 is 0 Å². The average molecular weight is 508 g/mol. The molecule has 0 aliphatic carbocycles.